The molecule has 0 radical (unpaired) electrons. The molecule has 1 unspecified atom stereocenters. The van der Waals surface area contributed by atoms with Crippen LogP contribution in [-0.2, 0) is 11.2 Å². The number of pyridine rings is 1. The highest BCUT2D eigenvalue weighted by molar-refractivity contribution is 5.75. The second-order valence-electron chi connectivity index (χ2n) is 5.55. The summed E-state index contributed by atoms with van der Waals surface area (Å²) in [4.78, 5) is 8.56. The summed E-state index contributed by atoms with van der Waals surface area (Å²) in [5, 5.41) is 3.42. The summed E-state index contributed by atoms with van der Waals surface area (Å²) in [6.07, 6.45) is 8.52. The zero-order valence-electron chi connectivity index (χ0n) is 14.2. The van der Waals surface area contributed by atoms with Crippen LogP contribution in [0.1, 0.15) is 26.3 Å². The monoisotopic (exact) mass is 311 g/mol. The minimum atomic E-state index is 0.0449. The average molecular weight is 311 g/mol. The van der Waals surface area contributed by atoms with Crippen LogP contribution in [0, 0.1) is 0 Å². The summed E-state index contributed by atoms with van der Waals surface area (Å²) in [5.74, 6) is 0. The van der Waals surface area contributed by atoms with Crippen LogP contribution in [0.15, 0.2) is 65.0 Å². The van der Waals surface area contributed by atoms with Gasteiger partial charge in [-0.05, 0) is 50.0 Å². The van der Waals surface area contributed by atoms with E-state index in [1.54, 1.807) is 6.20 Å². The second-order valence-corrected chi connectivity index (χ2v) is 5.55. The van der Waals surface area contributed by atoms with E-state index in [-0.39, 0.29) is 6.04 Å². The molecule has 0 aromatic carbocycles. The molecule has 2 rings (SSSR count). The molecule has 1 aromatic rings. The van der Waals surface area contributed by atoms with Crippen LogP contribution in [-0.4, -0.2) is 30.2 Å². The Balaban J connectivity index is 2.32. The summed E-state index contributed by atoms with van der Waals surface area (Å²) in [6.45, 7) is 11.7. The van der Waals surface area contributed by atoms with E-state index in [9.17, 15) is 0 Å². The van der Waals surface area contributed by atoms with Crippen LogP contribution < -0.4 is 5.32 Å². The fraction of sp³-hybridized carbons (Fsp3) is 0.368. The zero-order valence-corrected chi connectivity index (χ0v) is 14.2. The normalized spacial score (nSPS) is 17.0. The molecular weight excluding hydrogens is 286 g/mol. The van der Waals surface area contributed by atoms with Crippen LogP contribution in [0.5, 0.6) is 0 Å². The fourth-order valence-corrected chi connectivity index (χ4v) is 2.57. The van der Waals surface area contributed by atoms with Gasteiger partial charge in [0.1, 0.15) is 6.61 Å². The quantitative estimate of drug-likeness (QED) is 0.819. The maximum atomic E-state index is 5.53. The van der Waals surface area contributed by atoms with Crippen LogP contribution in [0.4, 0.5) is 0 Å². The van der Waals surface area contributed by atoms with Gasteiger partial charge in [0.2, 0.25) is 0 Å². The number of rotatable bonds is 6. The van der Waals surface area contributed by atoms with Gasteiger partial charge in [0, 0.05) is 12.4 Å². The van der Waals surface area contributed by atoms with E-state index in [0.717, 1.165) is 17.6 Å². The summed E-state index contributed by atoms with van der Waals surface area (Å²) in [5.41, 5.74) is 4.78. The van der Waals surface area contributed by atoms with Crippen LogP contribution >= 0.6 is 0 Å². The van der Waals surface area contributed by atoms with Gasteiger partial charge >= 0.3 is 0 Å². The van der Waals surface area contributed by atoms with Crippen LogP contribution in [0.2, 0.25) is 0 Å². The average Bonchev–Trinajstić information content (AvgIpc) is 3.08. The standard InChI is InChI=1S/C19H25N3O/c1-5-14(3)15(4)17(6-2)18(22-19-21-10-11-23-19)12-16-8-7-9-20-13-16/h5-9,13,18H,2,10-12H2,1,3-4H3,(H,21,22)/b14-5-,17-15+. The van der Waals surface area contributed by atoms with Gasteiger partial charge in [-0.2, -0.15) is 0 Å². The van der Waals surface area contributed by atoms with Crippen molar-refractivity contribution >= 4 is 6.02 Å². The number of ether oxygens (including phenoxy) is 1. The molecule has 0 spiro atoms. The Morgan fingerprint density at radius 2 is 2.30 bits per heavy atom. The summed E-state index contributed by atoms with van der Waals surface area (Å²) in [7, 11) is 0. The molecule has 0 saturated heterocycles. The number of nitrogens with one attached hydrogen (secondary N) is 1. The number of amidine groups is 1. The Hall–Kier alpha value is -2.36. The first-order valence-electron chi connectivity index (χ1n) is 7.95. The van der Waals surface area contributed by atoms with Crippen molar-refractivity contribution in [2.75, 3.05) is 13.2 Å². The lowest BCUT2D eigenvalue weighted by Gasteiger charge is -2.23. The second kappa shape index (κ2) is 8.32. The fourth-order valence-electron chi connectivity index (χ4n) is 2.57. The Morgan fingerprint density at radius 3 is 2.87 bits per heavy atom. The van der Waals surface area contributed by atoms with Crippen molar-refractivity contribution in [3.8, 4) is 0 Å². The molecule has 0 saturated carbocycles. The highest BCUT2D eigenvalue weighted by Gasteiger charge is 2.19. The maximum Gasteiger partial charge on any atom is 0.285 e. The molecule has 2 heterocycles. The first-order valence-corrected chi connectivity index (χ1v) is 7.95. The molecule has 1 atom stereocenters. The zero-order chi connectivity index (χ0) is 16.7. The first kappa shape index (κ1) is 17.0. The molecule has 4 nitrogen and oxygen atoms in total. The van der Waals surface area contributed by atoms with E-state index in [1.165, 1.54) is 11.1 Å². The number of allylic oxidation sites excluding steroid dienone is 3. The molecule has 1 aliphatic rings. The molecule has 1 aliphatic heterocycles. The lowest BCUT2D eigenvalue weighted by molar-refractivity contribution is 0.327. The third-order valence-electron chi connectivity index (χ3n) is 4.10. The summed E-state index contributed by atoms with van der Waals surface area (Å²) in [6, 6.07) is 4.70. The molecule has 23 heavy (non-hydrogen) atoms. The predicted octanol–water partition coefficient (Wildman–Crippen LogP) is 3.44. The minimum absolute atomic E-state index is 0.0449. The van der Waals surface area contributed by atoms with Gasteiger partial charge in [0.15, 0.2) is 0 Å². The van der Waals surface area contributed by atoms with Crippen LogP contribution in [0.25, 0.3) is 0 Å². The van der Waals surface area contributed by atoms with E-state index < -0.39 is 0 Å². The number of aromatic nitrogens is 1. The molecule has 122 valence electrons. The topological polar surface area (TPSA) is 46.5 Å². The van der Waals surface area contributed by atoms with E-state index in [1.807, 2.05) is 25.3 Å². The van der Waals surface area contributed by atoms with Gasteiger partial charge in [-0.15, -0.1) is 0 Å². The van der Waals surface area contributed by atoms with Gasteiger partial charge in [-0.1, -0.05) is 30.4 Å². The lowest BCUT2D eigenvalue weighted by Crippen LogP contribution is -2.38. The van der Waals surface area contributed by atoms with E-state index >= 15 is 0 Å². The number of hydrogen-bond donors (Lipinski definition) is 1. The van der Waals surface area contributed by atoms with Crippen molar-refractivity contribution in [1.29, 1.82) is 0 Å². The third-order valence-corrected chi connectivity index (χ3v) is 4.10. The molecule has 0 fully saturated rings. The number of nitrogens with zero attached hydrogens (tertiary/aromatic N) is 2. The van der Waals surface area contributed by atoms with Crippen molar-refractivity contribution < 1.29 is 4.74 Å². The van der Waals surface area contributed by atoms with Crippen molar-refractivity contribution in [2.45, 2.75) is 33.2 Å². The van der Waals surface area contributed by atoms with Gasteiger partial charge in [0.25, 0.3) is 6.02 Å². The van der Waals surface area contributed by atoms with Crippen molar-refractivity contribution in [3.63, 3.8) is 0 Å². The van der Waals surface area contributed by atoms with Crippen molar-refractivity contribution in [2.24, 2.45) is 4.99 Å². The largest absolute Gasteiger partial charge is 0.463 e. The number of hydrogen-bond acceptors (Lipinski definition) is 4. The molecule has 4 heteroatoms. The smallest absolute Gasteiger partial charge is 0.285 e. The van der Waals surface area contributed by atoms with Crippen LogP contribution in [0.3, 0.4) is 0 Å². The molecule has 0 aliphatic carbocycles. The SMILES string of the molecule is C=C/C(=C(C)\C(C)=C/C)C(Cc1cccnc1)NC1=NCCO1. The van der Waals surface area contributed by atoms with Gasteiger partial charge in [0.05, 0.1) is 12.6 Å². The van der Waals surface area contributed by atoms with E-state index in [2.05, 4.69) is 47.9 Å². The first-order chi connectivity index (χ1) is 11.2. The molecule has 1 aromatic heterocycles. The number of aliphatic imine (C=N–C) groups is 1. The van der Waals surface area contributed by atoms with Gasteiger partial charge < -0.3 is 10.1 Å². The predicted molar refractivity (Wildman–Crippen MR) is 95.4 cm³/mol. The third kappa shape index (κ3) is 4.55. The van der Waals surface area contributed by atoms with Crippen molar-refractivity contribution in [3.05, 3.63) is 65.5 Å². The summed E-state index contributed by atoms with van der Waals surface area (Å²) < 4.78 is 5.53. The Bertz CT molecular complexity index is 629. The Labute approximate surface area is 138 Å². The minimum Gasteiger partial charge on any atom is -0.463 e. The Morgan fingerprint density at radius 1 is 1.48 bits per heavy atom. The summed E-state index contributed by atoms with van der Waals surface area (Å²) >= 11 is 0. The maximum absolute atomic E-state index is 5.53. The molecular formula is C19H25N3O. The van der Waals surface area contributed by atoms with Gasteiger partial charge in [-0.25, -0.2) is 4.99 Å². The van der Waals surface area contributed by atoms with Gasteiger partial charge in [-0.3, -0.25) is 4.98 Å². The van der Waals surface area contributed by atoms with E-state index in [0.29, 0.717) is 19.2 Å². The lowest BCUT2D eigenvalue weighted by atomic mass is 9.93. The highest BCUT2D eigenvalue weighted by Crippen LogP contribution is 2.21. The molecule has 0 amide bonds. The highest BCUT2D eigenvalue weighted by atomic mass is 16.5. The molecule has 0 bridgehead atoms. The van der Waals surface area contributed by atoms with Crippen molar-refractivity contribution in [1.82, 2.24) is 10.3 Å². The Kier molecular flexibility index (Phi) is 6.15. The van der Waals surface area contributed by atoms with E-state index in [4.69, 9.17) is 4.74 Å². The molecule has 1 N–H and O–H groups in total.